The van der Waals surface area contributed by atoms with Crippen molar-refractivity contribution in [3.8, 4) is 11.1 Å². The Balaban J connectivity index is 2.84. The molecule has 0 atom stereocenters. The minimum Gasteiger partial charge on any atom is -0.0607 e. The van der Waals surface area contributed by atoms with Gasteiger partial charge in [-0.25, -0.2) is 0 Å². The first-order valence-corrected chi connectivity index (χ1v) is 8.39. The van der Waals surface area contributed by atoms with Crippen molar-refractivity contribution in [2.24, 2.45) is 15.3 Å². The van der Waals surface area contributed by atoms with Gasteiger partial charge in [0.15, 0.2) is 0 Å². The Morgan fingerprint density at radius 3 is 1.41 bits per heavy atom. The highest BCUT2D eigenvalue weighted by Gasteiger charge is 2.16. The van der Waals surface area contributed by atoms with Crippen molar-refractivity contribution in [1.29, 1.82) is 0 Å². The maximum absolute atomic E-state index is 8.97. The number of rotatable bonds is 6. The van der Waals surface area contributed by atoms with Crippen LogP contribution in [-0.2, 0) is 0 Å². The number of benzene rings is 2. The average Bonchev–Trinajstić information content (AvgIpc) is 2.62. The van der Waals surface area contributed by atoms with Crippen molar-refractivity contribution in [2.75, 3.05) is 0 Å². The van der Waals surface area contributed by atoms with E-state index in [-0.39, 0.29) is 11.8 Å². The summed E-state index contributed by atoms with van der Waals surface area (Å²) in [5, 5.41) is 11.2. The van der Waals surface area contributed by atoms with Gasteiger partial charge < -0.3 is 0 Å². The average molecular weight is 361 g/mol. The molecular weight excluding hydrogens is 342 g/mol. The van der Waals surface area contributed by atoms with Crippen molar-refractivity contribution >= 4 is 17.1 Å². The van der Waals surface area contributed by atoms with E-state index >= 15 is 0 Å². The molecule has 2 aromatic carbocycles. The highest BCUT2D eigenvalue weighted by atomic mass is 15.1. The molecule has 9 nitrogen and oxygen atoms in total. The predicted octanol–water partition coefficient (Wildman–Crippen LogP) is 8.43. The quantitative estimate of drug-likeness (QED) is 0.276. The standard InChI is InChI=1S/C18H19N9/c1-10(2)16-7-13(8-17(11(3)4)18(16)24-27-21)12-5-14(22-25-19)9-15(6-12)23-26-20/h5-11H,1-4H3. The molecule has 0 unspecified atom stereocenters. The Kier molecular flexibility index (Phi) is 6.31. The third kappa shape index (κ3) is 4.51. The molecule has 0 radical (unpaired) electrons. The van der Waals surface area contributed by atoms with Crippen LogP contribution >= 0.6 is 0 Å². The summed E-state index contributed by atoms with van der Waals surface area (Å²) in [4.78, 5) is 8.60. The highest BCUT2D eigenvalue weighted by Crippen LogP contribution is 2.40. The first-order valence-electron chi connectivity index (χ1n) is 8.39. The normalized spacial score (nSPS) is 10.1. The van der Waals surface area contributed by atoms with Gasteiger partial charge in [-0.1, -0.05) is 55.2 Å². The minimum absolute atomic E-state index is 0.139. The van der Waals surface area contributed by atoms with Gasteiger partial charge in [-0.15, -0.1) is 0 Å². The van der Waals surface area contributed by atoms with Crippen LogP contribution in [0, 0.1) is 0 Å². The zero-order valence-electron chi connectivity index (χ0n) is 15.6. The molecule has 0 amide bonds. The van der Waals surface area contributed by atoms with Crippen LogP contribution in [0.15, 0.2) is 45.7 Å². The summed E-state index contributed by atoms with van der Waals surface area (Å²) in [5.41, 5.74) is 31.3. The Hall–Kier alpha value is -3.63. The molecule has 0 aromatic heterocycles. The van der Waals surface area contributed by atoms with Gasteiger partial charge >= 0.3 is 0 Å². The van der Waals surface area contributed by atoms with Crippen LogP contribution in [0.3, 0.4) is 0 Å². The largest absolute Gasteiger partial charge is 0.0607 e. The second-order valence-electron chi connectivity index (χ2n) is 6.62. The fourth-order valence-corrected chi connectivity index (χ4v) is 2.87. The fourth-order valence-electron chi connectivity index (χ4n) is 2.87. The molecule has 0 fully saturated rings. The number of azide groups is 3. The Morgan fingerprint density at radius 2 is 1.04 bits per heavy atom. The topological polar surface area (TPSA) is 146 Å². The molecule has 2 aromatic rings. The summed E-state index contributed by atoms with van der Waals surface area (Å²) in [5.74, 6) is 0.278. The lowest BCUT2D eigenvalue weighted by atomic mass is 9.88. The summed E-state index contributed by atoms with van der Waals surface area (Å²) in [7, 11) is 0. The van der Waals surface area contributed by atoms with Crippen molar-refractivity contribution < 1.29 is 0 Å². The van der Waals surface area contributed by atoms with E-state index in [4.69, 9.17) is 16.6 Å². The van der Waals surface area contributed by atoms with Crippen LogP contribution in [0.4, 0.5) is 17.1 Å². The Labute approximate surface area is 156 Å². The molecule has 0 N–H and O–H groups in total. The monoisotopic (exact) mass is 361 g/mol. The SMILES string of the molecule is CC(C)c1cc(-c2cc(N=[N+]=[N-])cc(N=[N+]=[N-])c2)cc(C(C)C)c1N=[N+]=[N-]. The van der Waals surface area contributed by atoms with Gasteiger partial charge in [0.1, 0.15) is 0 Å². The number of hydrogen-bond donors (Lipinski definition) is 0. The van der Waals surface area contributed by atoms with Crippen LogP contribution < -0.4 is 0 Å². The fraction of sp³-hybridized carbons (Fsp3) is 0.333. The van der Waals surface area contributed by atoms with Crippen LogP contribution in [0.2, 0.25) is 0 Å². The third-order valence-electron chi connectivity index (χ3n) is 4.11. The summed E-state index contributed by atoms with van der Waals surface area (Å²) in [6.45, 7) is 8.12. The maximum atomic E-state index is 8.97. The van der Waals surface area contributed by atoms with Gasteiger partial charge in [-0.05, 0) is 68.9 Å². The van der Waals surface area contributed by atoms with Crippen molar-refractivity contribution in [3.05, 3.63) is 72.8 Å². The molecule has 0 heterocycles. The molecule has 9 heteroatoms. The highest BCUT2D eigenvalue weighted by molar-refractivity contribution is 5.76. The van der Waals surface area contributed by atoms with Gasteiger partial charge in [-0.2, -0.15) is 0 Å². The molecule has 0 bridgehead atoms. The second kappa shape index (κ2) is 8.65. The first kappa shape index (κ1) is 19.7. The zero-order chi connectivity index (χ0) is 20.0. The molecule has 136 valence electrons. The van der Waals surface area contributed by atoms with E-state index < -0.39 is 0 Å². The number of hydrogen-bond acceptors (Lipinski definition) is 3. The van der Waals surface area contributed by atoms with E-state index in [9.17, 15) is 0 Å². The van der Waals surface area contributed by atoms with E-state index in [1.165, 1.54) is 6.07 Å². The van der Waals surface area contributed by atoms with E-state index in [1.54, 1.807) is 12.1 Å². The van der Waals surface area contributed by atoms with Gasteiger partial charge in [0.2, 0.25) is 0 Å². The van der Waals surface area contributed by atoms with Gasteiger partial charge in [0.25, 0.3) is 0 Å². The lowest BCUT2D eigenvalue weighted by molar-refractivity contribution is 0.834. The molecule has 0 saturated carbocycles. The molecular formula is C18H19N9. The van der Waals surface area contributed by atoms with Crippen molar-refractivity contribution in [2.45, 2.75) is 39.5 Å². The van der Waals surface area contributed by atoms with E-state index in [0.29, 0.717) is 17.1 Å². The molecule has 2 rings (SSSR count). The van der Waals surface area contributed by atoms with Crippen LogP contribution in [0.25, 0.3) is 42.5 Å². The van der Waals surface area contributed by atoms with E-state index in [0.717, 1.165) is 22.3 Å². The predicted molar refractivity (Wildman–Crippen MR) is 106 cm³/mol. The maximum Gasteiger partial charge on any atom is 0.0445 e. The summed E-state index contributed by atoms with van der Waals surface area (Å²) >= 11 is 0. The smallest absolute Gasteiger partial charge is 0.0445 e. The lowest BCUT2D eigenvalue weighted by Crippen LogP contribution is -1.97. The molecule has 0 aliphatic heterocycles. The third-order valence-corrected chi connectivity index (χ3v) is 4.11. The molecule has 0 aliphatic carbocycles. The van der Waals surface area contributed by atoms with E-state index in [1.807, 2.05) is 39.8 Å². The molecule has 0 aliphatic rings. The number of nitrogens with zero attached hydrogens (tertiary/aromatic N) is 9. The first-order chi connectivity index (χ1) is 12.9. The molecule has 0 spiro atoms. The van der Waals surface area contributed by atoms with Crippen molar-refractivity contribution in [1.82, 2.24) is 0 Å². The van der Waals surface area contributed by atoms with E-state index in [2.05, 4.69) is 30.1 Å². The summed E-state index contributed by atoms with van der Waals surface area (Å²) in [6, 6.07) is 8.88. The van der Waals surface area contributed by atoms with Gasteiger partial charge in [-0.3, -0.25) is 0 Å². The van der Waals surface area contributed by atoms with Gasteiger partial charge in [0.05, 0.1) is 0 Å². The summed E-state index contributed by atoms with van der Waals surface area (Å²) < 4.78 is 0. The summed E-state index contributed by atoms with van der Waals surface area (Å²) in [6.07, 6.45) is 0. The van der Waals surface area contributed by atoms with Crippen LogP contribution in [0.5, 0.6) is 0 Å². The molecule has 0 saturated heterocycles. The second-order valence-corrected chi connectivity index (χ2v) is 6.62. The minimum atomic E-state index is 0.139. The Morgan fingerprint density at radius 1 is 0.630 bits per heavy atom. The van der Waals surface area contributed by atoms with Crippen molar-refractivity contribution in [3.63, 3.8) is 0 Å². The molecule has 27 heavy (non-hydrogen) atoms. The Bertz CT molecular complexity index is 938. The lowest BCUT2D eigenvalue weighted by Gasteiger charge is -2.19. The van der Waals surface area contributed by atoms with Gasteiger partial charge in [0, 0.05) is 31.8 Å². The zero-order valence-corrected chi connectivity index (χ0v) is 15.6. The van der Waals surface area contributed by atoms with Crippen LogP contribution in [-0.4, -0.2) is 0 Å². The van der Waals surface area contributed by atoms with Crippen LogP contribution in [0.1, 0.15) is 50.7 Å².